The largest absolute Gasteiger partial charge is 0.481 e. The summed E-state index contributed by atoms with van der Waals surface area (Å²) in [5.74, 6) is -1.64. The van der Waals surface area contributed by atoms with Gasteiger partial charge in [0.25, 0.3) is 0 Å². The number of carbonyl (C=O) groups is 2. The molecule has 6 heteroatoms. The minimum atomic E-state index is -0.862. The Hall–Kier alpha value is -1.14. The summed E-state index contributed by atoms with van der Waals surface area (Å²) in [7, 11) is 0. The highest BCUT2D eigenvalue weighted by Crippen LogP contribution is 2.40. The smallest absolute Gasteiger partial charge is 0.309 e. The predicted molar refractivity (Wildman–Crippen MR) is 97.2 cm³/mol. The van der Waals surface area contributed by atoms with E-state index in [9.17, 15) is 14.7 Å². The number of epoxide rings is 2. The topological polar surface area (TPSA) is 99.7 Å². The molecule has 2 aliphatic rings. The zero-order chi connectivity index (χ0) is 19.2. The second kappa shape index (κ2) is 9.70. The molecular weight excluding hydrogens is 336 g/mol. The van der Waals surface area contributed by atoms with Gasteiger partial charge in [-0.1, -0.05) is 13.8 Å². The van der Waals surface area contributed by atoms with Crippen LogP contribution in [-0.2, 0) is 19.1 Å². The lowest BCUT2D eigenvalue weighted by molar-refractivity contribution is -0.151. The van der Waals surface area contributed by atoms with E-state index in [4.69, 9.17) is 14.6 Å². The Morgan fingerprint density at radius 2 is 1.27 bits per heavy atom. The summed E-state index contributed by atoms with van der Waals surface area (Å²) in [5.41, 5.74) is -0.817. The number of hydrogen-bond acceptors (Lipinski definition) is 4. The van der Waals surface area contributed by atoms with Crippen molar-refractivity contribution < 1.29 is 29.3 Å². The Bertz CT molecular complexity index is 453. The lowest BCUT2D eigenvalue weighted by Crippen LogP contribution is -2.31. The highest BCUT2D eigenvalue weighted by Gasteiger charge is 2.41. The van der Waals surface area contributed by atoms with E-state index in [1.165, 1.54) is 0 Å². The first-order chi connectivity index (χ1) is 12.4. The average molecular weight is 370 g/mol. The molecule has 0 aromatic heterocycles. The van der Waals surface area contributed by atoms with Gasteiger partial charge >= 0.3 is 11.9 Å². The van der Waals surface area contributed by atoms with Crippen LogP contribution in [0.2, 0.25) is 0 Å². The van der Waals surface area contributed by atoms with Gasteiger partial charge in [0.05, 0.1) is 29.8 Å². The summed E-state index contributed by atoms with van der Waals surface area (Å²) in [5, 5.41) is 18.8. The molecule has 6 nitrogen and oxygen atoms in total. The summed E-state index contributed by atoms with van der Waals surface area (Å²) >= 11 is 0. The van der Waals surface area contributed by atoms with Crippen molar-refractivity contribution >= 4 is 11.9 Å². The molecule has 4 unspecified atom stereocenters. The van der Waals surface area contributed by atoms with Crippen LogP contribution in [0, 0.1) is 5.41 Å². The number of ether oxygens (including phenoxy) is 2. The Morgan fingerprint density at radius 3 is 1.62 bits per heavy atom. The molecular formula is C20H34O6. The van der Waals surface area contributed by atoms with Gasteiger partial charge in [0.2, 0.25) is 0 Å². The monoisotopic (exact) mass is 370 g/mol. The van der Waals surface area contributed by atoms with Gasteiger partial charge in [-0.25, -0.2) is 0 Å². The van der Waals surface area contributed by atoms with Crippen LogP contribution >= 0.6 is 0 Å². The first-order valence-corrected chi connectivity index (χ1v) is 10.2. The van der Waals surface area contributed by atoms with Crippen LogP contribution < -0.4 is 0 Å². The fraction of sp³-hybridized carbons (Fsp3) is 0.900. The second-order valence-electron chi connectivity index (χ2n) is 7.86. The maximum atomic E-state index is 12.1. The average Bonchev–Trinajstić information content (AvgIpc) is 3.49. The van der Waals surface area contributed by atoms with E-state index in [1.54, 1.807) is 0 Å². The maximum absolute atomic E-state index is 12.1. The highest BCUT2D eigenvalue weighted by atomic mass is 16.6. The SMILES string of the molecule is CCC1OC1CCCC(CCCC(=O)O)(CCCC1OC1CC)C(=O)O. The molecule has 0 bridgehead atoms. The van der Waals surface area contributed by atoms with Crippen LogP contribution in [0.15, 0.2) is 0 Å². The predicted octanol–water partition coefficient (Wildman–Crippen LogP) is 4.01. The van der Waals surface area contributed by atoms with Crippen LogP contribution in [0.1, 0.15) is 84.5 Å². The van der Waals surface area contributed by atoms with E-state index in [0.717, 1.165) is 38.5 Å². The molecule has 2 saturated heterocycles. The molecule has 0 radical (unpaired) electrons. The maximum Gasteiger partial charge on any atom is 0.309 e. The molecule has 0 aliphatic carbocycles. The summed E-state index contributed by atoms with van der Waals surface area (Å²) in [6.07, 6.45) is 8.79. The van der Waals surface area contributed by atoms with Crippen LogP contribution in [-0.4, -0.2) is 46.6 Å². The molecule has 26 heavy (non-hydrogen) atoms. The summed E-state index contributed by atoms with van der Waals surface area (Å²) in [6, 6.07) is 0. The van der Waals surface area contributed by atoms with Crippen molar-refractivity contribution in [1.82, 2.24) is 0 Å². The zero-order valence-corrected chi connectivity index (χ0v) is 16.1. The Kier molecular flexibility index (Phi) is 7.89. The molecule has 0 aromatic carbocycles. The number of carboxylic acid groups (broad SMARTS) is 2. The van der Waals surface area contributed by atoms with Gasteiger partial charge < -0.3 is 19.7 Å². The van der Waals surface area contributed by atoms with Gasteiger partial charge in [0.1, 0.15) is 0 Å². The third kappa shape index (κ3) is 6.23. The zero-order valence-electron chi connectivity index (χ0n) is 16.1. The van der Waals surface area contributed by atoms with Gasteiger partial charge in [0, 0.05) is 6.42 Å². The van der Waals surface area contributed by atoms with Crippen LogP contribution in [0.5, 0.6) is 0 Å². The van der Waals surface area contributed by atoms with E-state index < -0.39 is 17.4 Å². The van der Waals surface area contributed by atoms with Gasteiger partial charge in [-0.3, -0.25) is 9.59 Å². The van der Waals surface area contributed by atoms with Crippen molar-refractivity contribution in [3.05, 3.63) is 0 Å². The molecule has 0 amide bonds. The third-order valence-electron chi connectivity index (χ3n) is 5.97. The van der Waals surface area contributed by atoms with Crippen LogP contribution in [0.3, 0.4) is 0 Å². The van der Waals surface area contributed by atoms with Crippen molar-refractivity contribution in [2.45, 2.75) is 109 Å². The number of carboxylic acids is 2. The summed E-state index contributed by atoms with van der Waals surface area (Å²) in [6.45, 7) is 4.20. The van der Waals surface area contributed by atoms with Gasteiger partial charge in [-0.15, -0.1) is 0 Å². The minimum Gasteiger partial charge on any atom is -0.481 e. The minimum absolute atomic E-state index is 0.0301. The second-order valence-corrected chi connectivity index (χ2v) is 7.86. The van der Waals surface area contributed by atoms with Gasteiger partial charge in [-0.2, -0.15) is 0 Å². The van der Waals surface area contributed by atoms with E-state index in [1.807, 2.05) is 0 Å². The van der Waals surface area contributed by atoms with Crippen molar-refractivity contribution in [3.63, 3.8) is 0 Å². The summed E-state index contributed by atoms with van der Waals surface area (Å²) in [4.78, 5) is 22.9. The third-order valence-corrected chi connectivity index (χ3v) is 5.97. The van der Waals surface area contributed by atoms with E-state index in [0.29, 0.717) is 37.9 Å². The molecule has 2 heterocycles. The van der Waals surface area contributed by atoms with Crippen LogP contribution in [0.25, 0.3) is 0 Å². The first-order valence-electron chi connectivity index (χ1n) is 10.2. The molecule has 2 rings (SSSR count). The molecule has 2 fully saturated rings. The number of rotatable bonds is 15. The Balaban J connectivity index is 1.85. The molecule has 2 N–H and O–H groups in total. The van der Waals surface area contributed by atoms with Gasteiger partial charge in [0.15, 0.2) is 0 Å². The van der Waals surface area contributed by atoms with Gasteiger partial charge in [-0.05, 0) is 64.2 Å². The molecule has 0 saturated carbocycles. The Morgan fingerprint density at radius 1 is 0.808 bits per heavy atom. The lowest BCUT2D eigenvalue weighted by Gasteiger charge is -2.29. The first kappa shape index (κ1) is 21.2. The standard InChI is InChI=1S/C20H34O6/c1-3-14-16(25-14)8-5-11-20(19(23)24,13-7-10-18(21)22)12-6-9-17-15(4-2)26-17/h14-17H,3-13H2,1-2H3,(H,21,22)(H,23,24). The number of hydrogen-bond donors (Lipinski definition) is 2. The van der Waals surface area contributed by atoms with Crippen molar-refractivity contribution in [1.29, 1.82) is 0 Å². The molecule has 4 atom stereocenters. The quantitative estimate of drug-likeness (QED) is 0.423. The fourth-order valence-corrected chi connectivity index (χ4v) is 4.14. The van der Waals surface area contributed by atoms with E-state index >= 15 is 0 Å². The van der Waals surface area contributed by atoms with Crippen molar-refractivity contribution in [2.75, 3.05) is 0 Å². The molecule has 0 aromatic rings. The normalized spacial score (nSPS) is 29.2. The molecule has 150 valence electrons. The van der Waals surface area contributed by atoms with Crippen molar-refractivity contribution in [3.8, 4) is 0 Å². The number of aliphatic carboxylic acids is 2. The highest BCUT2D eigenvalue weighted by molar-refractivity contribution is 5.74. The molecule has 2 aliphatic heterocycles. The Labute approximate surface area is 156 Å². The van der Waals surface area contributed by atoms with Crippen LogP contribution in [0.4, 0.5) is 0 Å². The van der Waals surface area contributed by atoms with E-state index in [2.05, 4.69) is 13.8 Å². The van der Waals surface area contributed by atoms with E-state index in [-0.39, 0.29) is 18.6 Å². The molecule has 0 spiro atoms. The van der Waals surface area contributed by atoms with Crippen molar-refractivity contribution in [2.24, 2.45) is 5.41 Å². The lowest BCUT2D eigenvalue weighted by atomic mass is 9.74. The fourth-order valence-electron chi connectivity index (χ4n) is 4.14. The summed E-state index contributed by atoms with van der Waals surface area (Å²) < 4.78 is 11.1.